The van der Waals surface area contributed by atoms with Crippen LogP contribution in [0.4, 0.5) is 0 Å². The van der Waals surface area contributed by atoms with Crippen LogP contribution in [0.15, 0.2) is 52.0 Å². The minimum absolute atomic E-state index is 0.0926. The average Bonchev–Trinajstić information content (AvgIpc) is 3.37. The van der Waals surface area contributed by atoms with E-state index < -0.39 is 11.5 Å². The van der Waals surface area contributed by atoms with Gasteiger partial charge in [0, 0.05) is 25.3 Å². The van der Waals surface area contributed by atoms with E-state index >= 15 is 0 Å². The van der Waals surface area contributed by atoms with E-state index in [2.05, 4.69) is 26.6 Å². The Balaban J connectivity index is 1.35. The summed E-state index contributed by atoms with van der Waals surface area (Å²) in [7, 11) is 1.99. The summed E-state index contributed by atoms with van der Waals surface area (Å²) in [6.45, 7) is 1.88. The number of rotatable bonds is 7. The number of amides is 1. The Morgan fingerprint density at radius 1 is 1.14 bits per heavy atom. The molecule has 4 rings (SSSR count). The van der Waals surface area contributed by atoms with Gasteiger partial charge >= 0.3 is 0 Å². The van der Waals surface area contributed by atoms with E-state index in [4.69, 9.17) is 9.47 Å². The third kappa shape index (κ3) is 4.67. The maximum absolute atomic E-state index is 12.4. The molecule has 0 spiro atoms. The highest BCUT2D eigenvalue weighted by Gasteiger charge is 2.15. The van der Waals surface area contributed by atoms with E-state index in [1.165, 1.54) is 5.56 Å². The molecule has 0 saturated carbocycles. The van der Waals surface area contributed by atoms with Crippen LogP contribution in [0, 0.1) is 0 Å². The molecular weight excluding hydrogens is 390 g/mol. The van der Waals surface area contributed by atoms with Crippen LogP contribution in [0.5, 0.6) is 11.5 Å². The van der Waals surface area contributed by atoms with Gasteiger partial charge in [0.05, 0.1) is 0 Å². The summed E-state index contributed by atoms with van der Waals surface area (Å²) in [5.41, 5.74) is 2.56. The number of fused-ring (bicyclic) bond motifs is 1. The largest absolute Gasteiger partial charge is 0.454 e. The first-order chi connectivity index (χ1) is 14.1. The number of ether oxygens (including phenoxy) is 2. The first-order valence-corrected chi connectivity index (χ1v) is 10.1. The predicted octanol–water partition coefficient (Wildman–Crippen LogP) is 2.73. The summed E-state index contributed by atoms with van der Waals surface area (Å²) < 4.78 is 10.6. The maximum Gasteiger partial charge on any atom is 0.261 e. The minimum Gasteiger partial charge on any atom is -0.454 e. The van der Waals surface area contributed by atoms with Crippen molar-refractivity contribution in [1.82, 2.24) is 15.2 Å². The number of aromatic amines is 1. The lowest BCUT2D eigenvalue weighted by Crippen LogP contribution is -2.30. The molecule has 1 amide bonds. The lowest BCUT2D eigenvalue weighted by molar-refractivity contribution is 0.0949. The molecule has 150 valence electrons. The highest BCUT2D eigenvalue weighted by molar-refractivity contribution is 7.07. The van der Waals surface area contributed by atoms with Crippen LogP contribution in [0.3, 0.4) is 0 Å². The third-order valence-electron chi connectivity index (χ3n) is 4.58. The topological polar surface area (TPSA) is 83.7 Å². The number of hydrogen-bond acceptors (Lipinski definition) is 6. The van der Waals surface area contributed by atoms with Crippen molar-refractivity contribution in [3.63, 3.8) is 0 Å². The first-order valence-electron chi connectivity index (χ1n) is 9.17. The maximum atomic E-state index is 12.4. The van der Waals surface area contributed by atoms with Gasteiger partial charge in [-0.2, -0.15) is 11.3 Å². The predicted molar refractivity (Wildman–Crippen MR) is 110 cm³/mol. The van der Waals surface area contributed by atoms with Gasteiger partial charge in [-0.05, 0) is 59.3 Å². The summed E-state index contributed by atoms with van der Waals surface area (Å²) in [5.74, 6) is 0.934. The van der Waals surface area contributed by atoms with Crippen LogP contribution in [0.2, 0.25) is 0 Å². The van der Waals surface area contributed by atoms with E-state index in [-0.39, 0.29) is 12.4 Å². The van der Waals surface area contributed by atoms with E-state index in [1.807, 2.05) is 24.6 Å². The number of carbonyl (C=O) groups excluding carboxylic acids is 1. The van der Waals surface area contributed by atoms with Gasteiger partial charge in [-0.1, -0.05) is 6.07 Å². The van der Waals surface area contributed by atoms with Crippen molar-refractivity contribution in [2.75, 3.05) is 13.8 Å². The molecule has 0 bridgehead atoms. The Morgan fingerprint density at radius 2 is 2.00 bits per heavy atom. The van der Waals surface area contributed by atoms with Gasteiger partial charge in [0.15, 0.2) is 11.5 Å². The van der Waals surface area contributed by atoms with E-state index in [9.17, 15) is 9.59 Å². The third-order valence-corrected chi connectivity index (χ3v) is 5.31. The molecule has 0 unspecified atom stereocenters. The Hall–Kier alpha value is -3.10. The quantitative estimate of drug-likeness (QED) is 0.625. The number of aromatic nitrogens is 1. The summed E-state index contributed by atoms with van der Waals surface area (Å²) in [5, 5.41) is 6.92. The normalized spacial score (nSPS) is 12.3. The van der Waals surface area contributed by atoms with Crippen molar-refractivity contribution < 1.29 is 14.3 Å². The Morgan fingerprint density at radius 3 is 2.79 bits per heavy atom. The molecule has 29 heavy (non-hydrogen) atoms. The summed E-state index contributed by atoms with van der Waals surface area (Å²) in [4.78, 5) is 29.7. The Kier molecular flexibility index (Phi) is 5.64. The molecule has 8 heteroatoms. The second-order valence-electron chi connectivity index (χ2n) is 6.90. The molecule has 7 nitrogen and oxygen atoms in total. The van der Waals surface area contributed by atoms with Gasteiger partial charge in [-0.3, -0.25) is 14.5 Å². The molecule has 1 aliphatic heterocycles. The summed E-state index contributed by atoms with van der Waals surface area (Å²) >= 11 is 1.66. The summed E-state index contributed by atoms with van der Waals surface area (Å²) in [6, 6.07) is 10.9. The van der Waals surface area contributed by atoms with Crippen molar-refractivity contribution in [2.24, 2.45) is 0 Å². The molecule has 2 N–H and O–H groups in total. The van der Waals surface area contributed by atoms with Crippen LogP contribution in [0.1, 0.15) is 27.2 Å². The molecule has 2 aromatic heterocycles. The standard InChI is InChI=1S/C21H21N3O4S/c1-24(10-15-6-7-29-12-15)11-16-3-4-17(21(26)23-16)20(25)22-9-14-2-5-18-19(8-14)28-13-27-18/h2-8,12H,9-11,13H2,1H3,(H,22,25)(H,23,26). The number of H-pyrrole nitrogens is 1. The number of pyridine rings is 1. The Labute approximate surface area is 171 Å². The minimum atomic E-state index is -0.415. The van der Waals surface area contributed by atoms with Gasteiger partial charge in [-0.25, -0.2) is 0 Å². The van der Waals surface area contributed by atoms with Gasteiger partial charge in [0.25, 0.3) is 11.5 Å². The van der Waals surface area contributed by atoms with Crippen LogP contribution in [0.25, 0.3) is 0 Å². The smallest absolute Gasteiger partial charge is 0.261 e. The van der Waals surface area contributed by atoms with Crippen molar-refractivity contribution >= 4 is 17.2 Å². The van der Waals surface area contributed by atoms with E-state index in [1.54, 1.807) is 29.5 Å². The van der Waals surface area contributed by atoms with Crippen LogP contribution in [-0.4, -0.2) is 29.6 Å². The Bertz CT molecular complexity index is 1060. The lowest BCUT2D eigenvalue weighted by atomic mass is 10.2. The fourth-order valence-electron chi connectivity index (χ4n) is 3.15. The van der Waals surface area contributed by atoms with Gasteiger partial charge in [0.1, 0.15) is 5.56 Å². The molecule has 0 atom stereocenters. The fourth-order valence-corrected chi connectivity index (χ4v) is 3.81. The van der Waals surface area contributed by atoms with E-state index in [0.29, 0.717) is 24.6 Å². The highest BCUT2D eigenvalue weighted by Crippen LogP contribution is 2.32. The van der Waals surface area contributed by atoms with Crippen molar-refractivity contribution in [2.45, 2.75) is 19.6 Å². The lowest BCUT2D eigenvalue weighted by Gasteiger charge is -2.15. The number of benzene rings is 1. The van der Waals surface area contributed by atoms with E-state index in [0.717, 1.165) is 17.8 Å². The molecular formula is C21H21N3O4S. The number of carbonyl (C=O) groups is 1. The molecule has 1 aromatic carbocycles. The van der Waals surface area contributed by atoms with Crippen LogP contribution < -0.4 is 20.3 Å². The SMILES string of the molecule is CN(Cc1ccsc1)Cc1ccc(C(=O)NCc2ccc3c(c2)OCO3)c(=O)[nH]1. The van der Waals surface area contributed by atoms with Gasteiger partial charge < -0.3 is 19.8 Å². The van der Waals surface area contributed by atoms with Crippen molar-refractivity contribution in [3.8, 4) is 11.5 Å². The molecule has 0 aliphatic carbocycles. The number of nitrogens with zero attached hydrogens (tertiary/aromatic N) is 1. The fraction of sp³-hybridized carbons (Fsp3) is 0.238. The van der Waals surface area contributed by atoms with Gasteiger partial charge in [0.2, 0.25) is 6.79 Å². The zero-order valence-corrected chi connectivity index (χ0v) is 16.8. The van der Waals surface area contributed by atoms with Crippen LogP contribution >= 0.6 is 11.3 Å². The first kappa shape index (κ1) is 19.2. The molecule has 3 aromatic rings. The number of hydrogen-bond donors (Lipinski definition) is 2. The molecule has 0 saturated heterocycles. The molecule has 0 radical (unpaired) electrons. The van der Waals surface area contributed by atoms with Crippen molar-refractivity contribution in [1.29, 1.82) is 0 Å². The monoisotopic (exact) mass is 411 g/mol. The zero-order chi connectivity index (χ0) is 20.2. The second kappa shape index (κ2) is 8.50. The molecule has 3 heterocycles. The average molecular weight is 411 g/mol. The zero-order valence-electron chi connectivity index (χ0n) is 15.9. The second-order valence-corrected chi connectivity index (χ2v) is 7.68. The highest BCUT2D eigenvalue weighted by atomic mass is 32.1. The van der Waals surface area contributed by atoms with Crippen LogP contribution in [-0.2, 0) is 19.6 Å². The molecule has 0 fully saturated rings. The van der Waals surface area contributed by atoms with Gasteiger partial charge in [-0.15, -0.1) is 0 Å². The number of thiophene rings is 1. The number of nitrogens with one attached hydrogen (secondary N) is 2. The summed E-state index contributed by atoms with van der Waals surface area (Å²) in [6.07, 6.45) is 0. The van der Waals surface area contributed by atoms with Crippen molar-refractivity contribution in [3.05, 3.63) is 79.9 Å². The molecule has 1 aliphatic rings.